The van der Waals surface area contributed by atoms with Gasteiger partial charge < -0.3 is 25.5 Å². The summed E-state index contributed by atoms with van der Waals surface area (Å²) in [5, 5.41) is 4.73. The number of fused-ring (bicyclic) bond motifs is 1. The molecule has 2 atom stereocenters. The molecule has 0 radical (unpaired) electrons. The van der Waals surface area contributed by atoms with Crippen molar-refractivity contribution in [2.45, 2.75) is 64.2 Å². The van der Waals surface area contributed by atoms with Crippen molar-refractivity contribution < 1.29 is 18.7 Å². The minimum Gasteiger partial charge on any atom is -0.495 e. The van der Waals surface area contributed by atoms with Gasteiger partial charge in [0.25, 0.3) is 0 Å². The van der Waals surface area contributed by atoms with Crippen LogP contribution in [0.2, 0.25) is 0 Å². The predicted octanol–water partition coefficient (Wildman–Crippen LogP) is 5.46. The molecule has 2 unspecified atom stereocenters. The van der Waals surface area contributed by atoms with E-state index in [0.717, 1.165) is 67.5 Å². The summed E-state index contributed by atoms with van der Waals surface area (Å²) in [7, 11) is 1.61. The van der Waals surface area contributed by atoms with Gasteiger partial charge >= 0.3 is 0 Å². The van der Waals surface area contributed by atoms with E-state index in [1.807, 2.05) is 30.3 Å². The molecule has 38 heavy (non-hydrogen) atoms. The summed E-state index contributed by atoms with van der Waals surface area (Å²) < 4.78 is 25.4. The van der Waals surface area contributed by atoms with Crippen molar-refractivity contribution in [2.75, 3.05) is 25.6 Å². The first kappa shape index (κ1) is 27.8. The molecule has 1 fully saturated rings. The molecule has 4 rings (SSSR count). The molecule has 2 aromatic carbocycles. The fourth-order valence-electron chi connectivity index (χ4n) is 5.10. The third kappa shape index (κ3) is 6.98. The number of para-hydroxylation sites is 1. The second-order valence-corrected chi connectivity index (χ2v) is 10.5. The lowest BCUT2D eigenvalue weighted by molar-refractivity contribution is -0.120. The molecule has 0 aromatic heterocycles. The number of unbranched alkanes of at least 4 members (excludes halogenated alkanes) is 1. The Morgan fingerprint density at radius 2 is 2.05 bits per heavy atom. The number of benzene rings is 2. The van der Waals surface area contributed by atoms with Gasteiger partial charge in [-0.15, -0.1) is 0 Å². The van der Waals surface area contributed by atoms with Crippen molar-refractivity contribution in [3.63, 3.8) is 0 Å². The van der Waals surface area contributed by atoms with Crippen LogP contribution in [0.5, 0.6) is 11.5 Å². The summed E-state index contributed by atoms with van der Waals surface area (Å²) in [4.78, 5) is 12.7. The zero-order chi connectivity index (χ0) is 27.1. The number of carbonyl (C=O) groups is 1. The highest BCUT2D eigenvalue weighted by molar-refractivity contribution is 5.97. The Labute approximate surface area is 225 Å². The van der Waals surface area contributed by atoms with E-state index in [9.17, 15) is 9.18 Å². The Hall–Kier alpha value is -3.26. The van der Waals surface area contributed by atoms with Crippen LogP contribution >= 0.6 is 0 Å². The topological polar surface area (TPSA) is 103 Å². The fourth-order valence-corrected chi connectivity index (χ4v) is 5.10. The summed E-state index contributed by atoms with van der Waals surface area (Å²) >= 11 is 0. The molecule has 0 spiro atoms. The second kappa shape index (κ2) is 13.0. The lowest BCUT2D eigenvalue weighted by Gasteiger charge is -2.28. The summed E-state index contributed by atoms with van der Waals surface area (Å²) in [5.74, 6) is 7.79. The Morgan fingerprint density at radius 1 is 1.24 bits per heavy atom. The van der Waals surface area contributed by atoms with Crippen LogP contribution in [-0.4, -0.2) is 31.2 Å². The van der Waals surface area contributed by atoms with E-state index in [1.165, 1.54) is 6.07 Å². The van der Waals surface area contributed by atoms with Crippen LogP contribution < -0.4 is 26.4 Å². The minimum atomic E-state index is -0.328. The quantitative estimate of drug-likeness (QED) is 0.172. The number of hydrogen-bond acceptors (Lipinski definition) is 6. The molecule has 5 N–H and O–H groups in total. The standard InChI is InChI=1S/C30H41FN4O3/c1-3-21(22-13-14-26(31)28(16-22)38-19-20-11-12-20)18-35(33)25(17-32)9-5-4-7-24-15-23-8-6-10-27(37-2)29(23)34-30(24)36/h6,8,10,13-14,16-17,20-21,24H,3-5,7,9,11-12,15,18-19,32-33H2,1-2H3,(H,34,36)/b25-17-. The van der Waals surface area contributed by atoms with Crippen molar-refractivity contribution in [1.29, 1.82) is 0 Å². The van der Waals surface area contributed by atoms with E-state index >= 15 is 0 Å². The highest BCUT2D eigenvalue weighted by Gasteiger charge is 2.28. The molecule has 8 heteroatoms. The van der Waals surface area contributed by atoms with Crippen LogP contribution in [0.15, 0.2) is 48.3 Å². The summed E-state index contributed by atoms with van der Waals surface area (Å²) in [5.41, 5.74) is 9.71. The van der Waals surface area contributed by atoms with Gasteiger partial charge in [-0.05, 0) is 80.2 Å². The molecule has 1 amide bonds. The number of allylic oxidation sites excluding steroid dienone is 1. The molecule has 0 bridgehead atoms. The first-order valence-electron chi connectivity index (χ1n) is 13.7. The summed E-state index contributed by atoms with van der Waals surface area (Å²) in [6.07, 6.45) is 8.72. The zero-order valence-corrected chi connectivity index (χ0v) is 22.5. The van der Waals surface area contributed by atoms with Gasteiger partial charge in [-0.3, -0.25) is 4.79 Å². The number of nitrogens with one attached hydrogen (secondary N) is 1. The highest BCUT2D eigenvalue weighted by atomic mass is 19.1. The maximum absolute atomic E-state index is 14.3. The van der Waals surface area contributed by atoms with Gasteiger partial charge in [-0.25, -0.2) is 10.2 Å². The smallest absolute Gasteiger partial charge is 0.227 e. The monoisotopic (exact) mass is 524 g/mol. The van der Waals surface area contributed by atoms with Crippen LogP contribution in [-0.2, 0) is 11.2 Å². The number of nitrogens with zero attached hydrogens (tertiary/aromatic N) is 1. The van der Waals surface area contributed by atoms with Crippen molar-refractivity contribution in [2.24, 2.45) is 23.4 Å². The van der Waals surface area contributed by atoms with Crippen LogP contribution in [0.4, 0.5) is 10.1 Å². The lowest BCUT2D eigenvalue weighted by Crippen LogP contribution is -2.35. The van der Waals surface area contributed by atoms with Gasteiger partial charge in [0.2, 0.25) is 5.91 Å². The van der Waals surface area contributed by atoms with Gasteiger partial charge in [0, 0.05) is 30.3 Å². The SMILES string of the molecule is CCC(CN(N)/C(=C\N)CCCCC1Cc2cccc(OC)c2NC1=O)c1ccc(F)c(OCC2CC2)c1. The van der Waals surface area contributed by atoms with E-state index in [0.29, 0.717) is 37.0 Å². The number of amides is 1. The Morgan fingerprint density at radius 3 is 2.76 bits per heavy atom. The van der Waals surface area contributed by atoms with Gasteiger partial charge in [0.15, 0.2) is 11.6 Å². The molecule has 1 heterocycles. The number of anilines is 1. The van der Waals surface area contributed by atoms with Crippen molar-refractivity contribution in [1.82, 2.24) is 5.01 Å². The summed E-state index contributed by atoms with van der Waals surface area (Å²) in [6.45, 7) is 3.24. The number of hydrogen-bond donors (Lipinski definition) is 3. The number of hydrazine groups is 1. The van der Waals surface area contributed by atoms with Crippen LogP contribution in [0, 0.1) is 17.7 Å². The second-order valence-electron chi connectivity index (χ2n) is 10.5. The minimum absolute atomic E-state index is 0.0441. The van der Waals surface area contributed by atoms with E-state index in [4.69, 9.17) is 21.1 Å². The molecule has 2 aliphatic rings. The van der Waals surface area contributed by atoms with Gasteiger partial charge in [-0.2, -0.15) is 0 Å². The fraction of sp³-hybridized carbons (Fsp3) is 0.500. The predicted molar refractivity (Wildman–Crippen MR) is 148 cm³/mol. The van der Waals surface area contributed by atoms with Crippen LogP contribution in [0.1, 0.15) is 68.9 Å². The van der Waals surface area contributed by atoms with Crippen molar-refractivity contribution in [3.8, 4) is 11.5 Å². The number of methoxy groups -OCH3 is 1. The molecular formula is C30H41FN4O3. The lowest BCUT2D eigenvalue weighted by atomic mass is 9.88. The van der Waals surface area contributed by atoms with Crippen molar-refractivity contribution >= 4 is 11.6 Å². The van der Waals surface area contributed by atoms with E-state index in [2.05, 4.69) is 12.2 Å². The normalized spacial score (nSPS) is 17.9. The number of nitrogens with two attached hydrogens (primary N) is 2. The third-order valence-corrected chi connectivity index (χ3v) is 7.72. The van der Waals surface area contributed by atoms with E-state index < -0.39 is 0 Å². The molecule has 1 saturated carbocycles. The molecule has 7 nitrogen and oxygen atoms in total. The molecule has 2 aromatic rings. The maximum Gasteiger partial charge on any atom is 0.227 e. The third-order valence-electron chi connectivity index (χ3n) is 7.72. The average Bonchev–Trinajstić information content (AvgIpc) is 3.75. The van der Waals surface area contributed by atoms with Gasteiger partial charge in [0.05, 0.1) is 19.4 Å². The average molecular weight is 525 g/mol. The number of ether oxygens (including phenoxy) is 2. The van der Waals surface area contributed by atoms with E-state index in [1.54, 1.807) is 18.3 Å². The zero-order valence-electron chi connectivity index (χ0n) is 22.5. The molecule has 1 aliphatic heterocycles. The van der Waals surface area contributed by atoms with E-state index in [-0.39, 0.29) is 23.6 Å². The number of carbonyl (C=O) groups excluding carboxylic acids is 1. The van der Waals surface area contributed by atoms with Crippen LogP contribution in [0.25, 0.3) is 0 Å². The molecular weight excluding hydrogens is 483 g/mol. The number of halogens is 1. The highest BCUT2D eigenvalue weighted by Crippen LogP contribution is 2.36. The maximum atomic E-state index is 14.3. The Bertz CT molecular complexity index is 1130. The molecule has 0 saturated heterocycles. The van der Waals surface area contributed by atoms with Crippen molar-refractivity contribution in [3.05, 3.63) is 65.2 Å². The van der Waals surface area contributed by atoms with Gasteiger partial charge in [0.1, 0.15) is 5.75 Å². The van der Waals surface area contributed by atoms with Crippen LogP contribution in [0.3, 0.4) is 0 Å². The first-order valence-corrected chi connectivity index (χ1v) is 13.7. The Kier molecular flexibility index (Phi) is 9.50. The molecule has 1 aliphatic carbocycles. The Balaban J connectivity index is 1.27. The number of rotatable bonds is 14. The molecule has 206 valence electrons. The first-order chi connectivity index (χ1) is 18.4. The largest absolute Gasteiger partial charge is 0.495 e. The van der Waals surface area contributed by atoms with Gasteiger partial charge in [-0.1, -0.05) is 31.5 Å². The summed E-state index contributed by atoms with van der Waals surface area (Å²) in [6, 6.07) is 11.0.